The van der Waals surface area contributed by atoms with Gasteiger partial charge in [0.1, 0.15) is 0 Å². The Balaban J connectivity index is 1.49. The minimum atomic E-state index is -2.56. The summed E-state index contributed by atoms with van der Waals surface area (Å²) in [6, 6.07) is 11.2. The molecule has 2 nitrogen and oxygen atoms in total. The van der Waals surface area contributed by atoms with Crippen molar-refractivity contribution in [3.8, 4) is 0 Å². The van der Waals surface area contributed by atoms with E-state index in [0.29, 0.717) is 17.7 Å². The van der Waals surface area contributed by atoms with Crippen molar-refractivity contribution in [2.45, 2.75) is 66.3 Å². The molecular formula is C26H36HfNOSi. The van der Waals surface area contributed by atoms with Gasteiger partial charge in [0, 0.05) is 0 Å². The van der Waals surface area contributed by atoms with E-state index < -0.39 is 26.9 Å². The summed E-state index contributed by atoms with van der Waals surface area (Å²) in [6.45, 7) is 11.9. The zero-order valence-corrected chi connectivity index (χ0v) is 24.0. The molecule has 0 spiro atoms. The zero-order chi connectivity index (χ0) is 21.2. The van der Waals surface area contributed by atoms with Gasteiger partial charge in [0.2, 0.25) is 0 Å². The first kappa shape index (κ1) is 21.1. The molecule has 30 heavy (non-hydrogen) atoms. The molecule has 4 bridgehead atoms. The van der Waals surface area contributed by atoms with E-state index in [4.69, 9.17) is 0 Å². The van der Waals surface area contributed by atoms with E-state index in [1.54, 1.807) is 8.52 Å². The second kappa shape index (κ2) is 7.69. The van der Waals surface area contributed by atoms with E-state index >= 15 is 0 Å². The van der Waals surface area contributed by atoms with Crippen LogP contribution in [0.4, 0.5) is 0 Å². The molecule has 4 heteroatoms. The zero-order valence-electron chi connectivity index (χ0n) is 19.2. The van der Waals surface area contributed by atoms with Crippen LogP contribution in [0.2, 0.25) is 6.55 Å². The van der Waals surface area contributed by atoms with Crippen LogP contribution in [0.25, 0.3) is 0 Å². The molecule has 4 fully saturated rings. The topological polar surface area (TPSA) is 29.1 Å². The molecule has 0 aromatic heterocycles. The predicted octanol–water partition coefficient (Wildman–Crippen LogP) is 4.98. The first-order chi connectivity index (χ1) is 14.3. The van der Waals surface area contributed by atoms with Gasteiger partial charge in [-0.1, -0.05) is 0 Å². The molecule has 5 aliphatic carbocycles. The Kier molecular flexibility index (Phi) is 5.41. The van der Waals surface area contributed by atoms with Gasteiger partial charge in [-0.05, 0) is 0 Å². The standard InChI is InChI=1S/C10H15NO.C9H13.C7H9Si.Hf/c11-9(12)10-4-6-1-7(5-10)3-8(10)2-6;1-6-5-7(2)9(4)8(6)3;1-8-7-5-3-2-4-6-7;/h6-8H,1-5H2,(H2,11,12);6H,1-4H3;2-6,8H,1H3;/q;;;+1/p-1. The average molecular weight is 585 g/mol. The molecule has 4 unspecified atom stereocenters. The van der Waals surface area contributed by atoms with E-state index in [-0.39, 0.29) is 5.41 Å². The van der Waals surface area contributed by atoms with Gasteiger partial charge >= 0.3 is 192 Å². The molecule has 1 amide bonds. The molecular weight excluding hydrogens is 549 g/mol. The van der Waals surface area contributed by atoms with Crippen molar-refractivity contribution >= 4 is 17.1 Å². The summed E-state index contributed by atoms with van der Waals surface area (Å²) >= 11 is -2.56. The monoisotopic (exact) mass is 586 g/mol. The van der Waals surface area contributed by atoms with Crippen molar-refractivity contribution in [2.24, 2.45) is 29.1 Å². The van der Waals surface area contributed by atoms with Crippen LogP contribution in [-0.4, -0.2) is 11.9 Å². The SMILES string of the molecule is CC1=C(C)C(C)[C]([Hf]([NH]C(=O)C23CC4CC(CC2C4)C3)[SiH](C)c2ccccc2)=C1C. The van der Waals surface area contributed by atoms with Gasteiger partial charge in [-0.15, -0.1) is 0 Å². The maximum atomic E-state index is 14.0. The minimum absolute atomic E-state index is 0.00212. The summed E-state index contributed by atoms with van der Waals surface area (Å²) in [6.07, 6.45) is 6.42. The quantitative estimate of drug-likeness (QED) is 0.486. The molecule has 5 aliphatic rings. The summed E-state index contributed by atoms with van der Waals surface area (Å²) in [5, 5.41) is 1.55. The Hall–Kier alpha value is -0.743. The molecule has 1 N–H and O–H groups in total. The summed E-state index contributed by atoms with van der Waals surface area (Å²) in [7, 11) is 0. The molecule has 0 aliphatic heterocycles. The molecule has 4 atom stereocenters. The van der Waals surface area contributed by atoms with Crippen LogP contribution in [0, 0.1) is 29.1 Å². The summed E-state index contributed by atoms with van der Waals surface area (Å²) in [4.78, 5) is 14.0. The van der Waals surface area contributed by atoms with Crippen LogP contribution in [0.3, 0.4) is 0 Å². The van der Waals surface area contributed by atoms with Crippen molar-refractivity contribution in [1.82, 2.24) is 3.30 Å². The Bertz CT molecular complexity index is 922. The number of nitrogens with one attached hydrogen (secondary N) is 1. The van der Waals surface area contributed by atoms with Crippen LogP contribution in [-0.2, 0) is 25.7 Å². The fourth-order valence-corrected chi connectivity index (χ4v) is 34.1. The first-order valence-electron chi connectivity index (χ1n) is 11.9. The van der Waals surface area contributed by atoms with Crippen LogP contribution in [0.15, 0.2) is 50.4 Å². The molecule has 4 saturated carbocycles. The van der Waals surface area contributed by atoms with Gasteiger partial charge in [0.15, 0.2) is 0 Å². The van der Waals surface area contributed by atoms with Crippen LogP contribution >= 0.6 is 0 Å². The van der Waals surface area contributed by atoms with E-state index in [2.05, 4.69) is 67.9 Å². The van der Waals surface area contributed by atoms with E-state index in [1.807, 2.05) is 0 Å². The molecule has 0 saturated heterocycles. The molecule has 1 aromatic carbocycles. The Morgan fingerprint density at radius 1 is 1.03 bits per heavy atom. The van der Waals surface area contributed by atoms with E-state index in [0.717, 1.165) is 11.8 Å². The number of rotatable bonds is 5. The van der Waals surface area contributed by atoms with Crippen molar-refractivity contribution in [1.29, 1.82) is 0 Å². The van der Waals surface area contributed by atoms with Crippen molar-refractivity contribution in [3.05, 3.63) is 50.4 Å². The number of carbonyl (C=O) groups excluding carboxylic acids is 1. The summed E-state index contributed by atoms with van der Waals surface area (Å²) in [5.74, 6) is 2.16. The van der Waals surface area contributed by atoms with Gasteiger partial charge in [-0.3, -0.25) is 0 Å². The van der Waals surface area contributed by atoms with Crippen LogP contribution in [0.5, 0.6) is 0 Å². The fourth-order valence-electron chi connectivity index (χ4n) is 7.53. The molecule has 0 heterocycles. The van der Waals surface area contributed by atoms with Gasteiger partial charge in [-0.25, -0.2) is 0 Å². The van der Waals surface area contributed by atoms with Gasteiger partial charge in [0.05, 0.1) is 0 Å². The maximum absolute atomic E-state index is 14.0. The second-order valence-corrected chi connectivity index (χ2v) is 32.7. The third-order valence-corrected chi connectivity index (χ3v) is 35.0. The third-order valence-electron chi connectivity index (χ3n) is 9.35. The van der Waals surface area contributed by atoms with E-state index in [1.165, 1.54) is 48.8 Å². The molecule has 6 rings (SSSR count). The molecule has 0 radical (unpaired) electrons. The number of hydrogen-bond acceptors (Lipinski definition) is 1. The van der Waals surface area contributed by atoms with Crippen LogP contribution in [0.1, 0.15) is 59.8 Å². The average Bonchev–Trinajstić information content (AvgIpc) is 3.23. The van der Waals surface area contributed by atoms with Crippen molar-refractivity contribution < 1.29 is 25.7 Å². The number of carbonyl (C=O) groups is 1. The van der Waals surface area contributed by atoms with Crippen molar-refractivity contribution in [2.75, 3.05) is 0 Å². The molecule has 1 aromatic rings. The predicted molar refractivity (Wildman–Crippen MR) is 123 cm³/mol. The number of benzene rings is 1. The van der Waals surface area contributed by atoms with Gasteiger partial charge < -0.3 is 0 Å². The van der Waals surface area contributed by atoms with Crippen molar-refractivity contribution in [3.63, 3.8) is 0 Å². The van der Waals surface area contributed by atoms with Gasteiger partial charge in [0.25, 0.3) is 0 Å². The van der Waals surface area contributed by atoms with Gasteiger partial charge in [-0.2, -0.15) is 0 Å². The fraction of sp³-hybridized carbons (Fsp3) is 0.577. The summed E-state index contributed by atoms with van der Waals surface area (Å²) in [5.41, 5.74) is 4.55. The Labute approximate surface area is 191 Å². The van der Waals surface area contributed by atoms with E-state index in [9.17, 15) is 4.79 Å². The summed E-state index contributed by atoms with van der Waals surface area (Å²) < 4.78 is 5.66. The normalized spacial score (nSPS) is 35.4. The number of amides is 1. The second-order valence-electron chi connectivity index (χ2n) is 10.8. The third kappa shape index (κ3) is 3.15. The number of hydrogen-bond donors (Lipinski definition) is 1. The van der Waals surface area contributed by atoms with Crippen LogP contribution < -0.4 is 8.49 Å². The Morgan fingerprint density at radius 3 is 2.23 bits per heavy atom. The number of allylic oxidation sites excluding steroid dienone is 4. The Morgan fingerprint density at radius 2 is 1.67 bits per heavy atom. The molecule has 159 valence electrons. The first-order valence-corrected chi connectivity index (χ1v) is 24.1.